The summed E-state index contributed by atoms with van der Waals surface area (Å²) in [6, 6.07) is 1.98. The van der Waals surface area contributed by atoms with Crippen LogP contribution in [0.4, 0.5) is 0 Å². The first-order valence-electron chi connectivity index (χ1n) is 7.25. The van der Waals surface area contributed by atoms with Crippen LogP contribution in [-0.2, 0) is 0 Å². The minimum Gasteiger partial charge on any atom is -0.392 e. The number of nitrogens with one attached hydrogen (secondary N) is 1. The summed E-state index contributed by atoms with van der Waals surface area (Å²) in [6.45, 7) is 7.88. The van der Waals surface area contributed by atoms with Crippen molar-refractivity contribution < 1.29 is 9.90 Å². The van der Waals surface area contributed by atoms with Gasteiger partial charge in [0.15, 0.2) is 5.65 Å². The lowest BCUT2D eigenvalue weighted by Crippen LogP contribution is -2.30. The van der Waals surface area contributed by atoms with E-state index in [4.69, 9.17) is 0 Å². The van der Waals surface area contributed by atoms with Crippen molar-refractivity contribution in [2.24, 2.45) is 0 Å². The molecule has 21 heavy (non-hydrogen) atoms. The zero-order valence-electron chi connectivity index (χ0n) is 12.9. The highest BCUT2D eigenvalue weighted by molar-refractivity contribution is 6.05. The third kappa shape index (κ3) is 3.21. The largest absolute Gasteiger partial charge is 0.392 e. The highest BCUT2D eigenvalue weighted by Crippen LogP contribution is 2.22. The maximum atomic E-state index is 12.3. The molecule has 0 saturated carbocycles. The van der Waals surface area contributed by atoms with Crippen molar-refractivity contribution in [3.05, 3.63) is 23.5 Å². The van der Waals surface area contributed by atoms with Gasteiger partial charge in [0.2, 0.25) is 0 Å². The second-order valence-corrected chi connectivity index (χ2v) is 5.45. The number of nitrogens with zero attached hydrogens (tertiary/aromatic N) is 3. The van der Waals surface area contributed by atoms with Crippen molar-refractivity contribution >= 4 is 16.9 Å². The van der Waals surface area contributed by atoms with E-state index in [9.17, 15) is 9.90 Å². The quantitative estimate of drug-likeness (QED) is 0.880. The third-order valence-electron chi connectivity index (χ3n) is 3.51. The summed E-state index contributed by atoms with van der Waals surface area (Å²) in [4.78, 5) is 16.8. The molecule has 2 heterocycles. The first kappa shape index (κ1) is 15.4. The molecule has 2 atom stereocenters. The van der Waals surface area contributed by atoms with Gasteiger partial charge in [0.25, 0.3) is 5.91 Å². The maximum Gasteiger partial charge on any atom is 0.252 e. The summed E-state index contributed by atoms with van der Waals surface area (Å²) in [5.41, 5.74) is 2.05. The van der Waals surface area contributed by atoms with Crippen LogP contribution >= 0.6 is 0 Å². The smallest absolute Gasteiger partial charge is 0.252 e. The number of aryl methyl sites for hydroxylation is 1. The van der Waals surface area contributed by atoms with Gasteiger partial charge in [-0.05, 0) is 33.3 Å². The van der Waals surface area contributed by atoms with Crippen LogP contribution in [0.25, 0.3) is 11.0 Å². The van der Waals surface area contributed by atoms with Crippen LogP contribution in [0.15, 0.2) is 12.3 Å². The molecule has 0 spiro atoms. The lowest BCUT2D eigenvalue weighted by Gasteiger charge is -2.12. The summed E-state index contributed by atoms with van der Waals surface area (Å²) in [7, 11) is 0. The Kier molecular flexibility index (Phi) is 4.57. The number of hydrogen-bond donors (Lipinski definition) is 2. The Labute approximate surface area is 124 Å². The number of carbonyl (C=O) groups excluding carboxylic acids is 1. The molecule has 2 rings (SSSR count). The van der Waals surface area contributed by atoms with Crippen molar-refractivity contribution in [3.63, 3.8) is 0 Å². The van der Waals surface area contributed by atoms with Crippen LogP contribution in [0.1, 0.15) is 49.3 Å². The fourth-order valence-electron chi connectivity index (χ4n) is 2.16. The first-order chi connectivity index (χ1) is 9.93. The van der Waals surface area contributed by atoms with Crippen molar-refractivity contribution in [3.8, 4) is 0 Å². The van der Waals surface area contributed by atoms with Gasteiger partial charge in [-0.2, -0.15) is 5.10 Å². The standard InChI is InChI=1S/C15H22N4O2/c1-5-10(3)19-14-13(8-17-19)12(6-9(2)18-14)15(21)16-7-11(4)20/h6,8,10-11,20H,5,7H2,1-4H3,(H,16,21). The zero-order valence-corrected chi connectivity index (χ0v) is 12.9. The van der Waals surface area contributed by atoms with E-state index in [1.165, 1.54) is 0 Å². The Balaban J connectivity index is 2.45. The average Bonchev–Trinajstić information content (AvgIpc) is 2.86. The molecule has 2 unspecified atom stereocenters. The molecule has 0 aliphatic rings. The highest BCUT2D eigenvalue weighted by atomic mass is 16.3. The van der Waals surface area contributed by atoms with Crippen molar-refractivity contribution in [2.75, 3.05) is 6.54 Å². The fraction of sp³-hybridized carbons (Fsp3) is 0.533. The van der Waals surface area contributed by atoms with Crippen LogP contribution in [0.3, 0.4) is 0 Å². The number of aromatic nitrogens is 3. The summed E-state index contributed by atoms with van der Waals surface area (Å²) >= 11 is 0. The van der Waals surface area contributed by atoms with Crippen LogP contribution in [0.2, 0.25) is 0 Å². The first-order valence-corrected chi connectivity index (χ1v) is 7.25. The van der Waals surface area contributed by atoms with Gasteiger partial charge in [0, 0.05) is 12.2 Å². The number of pyridine rings is 1. The van der Waals surface area contributed by atoms with Crippen LogP contribution in [0, 0.1) is 6.92 Å². The molecular weight excluding hydrogens is 268 g/mol. The second kappa shape index (κ2) is 6.22. The van der Waals surface area contributed by atoms with Gasteiger partial charge in [0.1, 0.15) is 0 Å². The van der Waals surface area contributed by atoms with Crippen LogP contribution in [0.5, 0.6) is 0 Å². The Morgan fingerprint density at radius 2 is 2.19 bits per heavy atom. The second-order valence-electron chi connectivity index (χ2n) is 5.45. The SMILES string of the molecule is CCC(C)n1ncc2c(C(=O)NCC(C)O)cc(C)nc21. The van der Waals surface area contributed by atoms with Crippen molar-refractivity contribution in [1.82, 2.24) is 20.1 Å². The van der Waals surface area contributed by atoms with Gasteiger partial charge in [-0.15, -0.1) is 0 Å². The molecule has 0 bridgehead atoms. The Hall–Kier alpha value is -1.95. The molecule has 0 fully saturated rings. The van der Waals surface area contributed by atoms with E-state index in [2.05, 4.69) is 29.2 Å². The Morgan fingerprint density at radius 3 is 2.81 bits per heavy atom. The average molecular weight is 290 g/mol. The number of carbonyl (C=O) groups is 1. The van der Waals surface area contributed by atoms with E-state index < -0.39 is 6.10 Å². The van der Waals surface area contributed by atoms with Crippen LogP contribution < -0.4 is 5.32 Å². The number of fused-ring (bicyclic) bond motifs is 1. The molecule has 6 heteroatoms. The predicted molar refractivity (Wildman–Crippen MR) is 81.3 cm³/mol. The molecule has 0 aromatic carbocycles. The molecular formula is C15H22N4O2. The normalized spacial score (nSPS) is 14.1. The maximum absolute atomic E-state index is 12.3. The predicted octanol–water partition coefficient (Wildman–Crippen LogP) is 1.82. The summed E-state index contributed by atoms with van der Waals surface area (Å²) in [5.74, 6) is -0.213. The molecule has 6 nitrogen and oxygen atoms in total. The van der Waals surface area contributed by atoms with Crippen LogP contribution in [-0.4, -0.2) is 38.4 Å². The molecule has 114 valence electrons. The molecule has 2 aromatic heterocycles. The van der Waals surface area contributed by atoms with Gasteiger partial charge in [-0.25, -0.2) is 9.67 Å². The van der Waals surface area contributed by atoms with E-state index in [1.807, 2.05) is 11.6 Å². The summed E-state index contributed by atoms with van der Waals surface area (Å²) < 4.78 is 1.85. The summed E-state index contributed by atoms with van der Waals surface area (Å²) in [6.07, 6.45) is 2.05. The minimum atomic E-state index is -0.574. The van der Waals surface area contributed by atoms with Crippen molar-refractivity contribution in [2.45, 2.75) is 46.3 Å². The van der Waals surface area contributed by atoms with Gasteiger partial charge in [0.05, 0.1) is 29.3 Å². The molecule has 0 aliphatic heterocycles. The molecule has 2 N–H and O–H groups in total. The minimum absolute atomic E-state index is 0.213. The Morgan fingerprint density at radius 1 is 1.48 bits per heavy atom. The lowest BCUT2D eigenvalue weighted by molar-refractivity contribution is 0.0925. The molecule has 2 aromatic rings. The molecule has 0 saturated heterocycles. The molecule has 0 radical (unpaired) electrons. The summed E-state index contributed by atoms with van der Waals surface area (Å²) in [5, 5.41) is 17.1. The van der Waals surface area contributed by atoms with Gasteiger partial charge >= 0.3 is 0 Å². The Bertz CT molecular complexity index is 648. The highest BCUT2D eigenvalue weighted by Gasteiger charge is 2.17. The van der Waals surface area contributed by atoms with E-state index in [0.717, 1.165) is 23.1 Å². The van der Waals surface area contributed by atoms with Crippen molar-refractivity contribution in [1.29, 1.82) is 0 Å². The number of aliphatic hydroxyl groups excluding tert-OH is 1. The molecule has 1 amide bonds. The monoisotopic (exact) mass is 290 g/mol. The topological polar surface area (TPSA) is 80.0 Å². The van der Waals surface area contributed by atoms with E-state index in [-0.39, 0.29) is 18.5 Å². The van der Waals surface area contributed by atoms with E-state index >= 15 is 0 Å². The number of rotatable bonds is 5. The van der Waals surface area contributed by atoms with Gasteiger partial charge in [-0.1, -0.05) is 6.92 Å². The number of aliphatic hydroxyl groups is 1. The number of hydrogen-bond acceptors (Lipinski definition) is 4. The van der Waals surface area contributed by atoms with Gasteiger partial charge in [-0.3, -0.25) is 4.79 Å². The lowest BCUT2D eigenvalue weighted by atomic mass is 10.1. The van der Waals surface area contributed by atoms with E-state index in [1.54, 1.807) is 19.2 Å². The third-order valence-corrected chi connectivity index (χ3v) is 3.51. The zero-order chi connectivity index (χ0) is 15.6. The number of amides is 1. The fourth-order valence-corrected chi connectivity index (χ4v) is 2.16. The molecule has 0 aliphatic carbocycles. The van der Waals surface area contributed by atoms with Gasteiger partial charge < -0.3 is 10.4 Å². The van der Waals surface area contributed by atoms with E-state index in [0.29, 0.717) is 5.56 Å².